The first-order valence-electron chi connectivity index (χ1n) is 6.29. The van der Waals surface area contributed by atoms with Crippen molar-refractivity contribution < 1.29 is 17.9 Å². The van der Waals surface area contributed by atoms with Gasteiger partial charge in [-0.1, -0.05) is 11.6 Å². The molecule has 0 saturated carbocycles. The number of halogens is 1. The summed E-state index contributed by atoms with van der Waals surface area (Å²) in [6, 6.07) is -0.383. The SMILES string of the molecule is CN(C)S(=O)(=O)C[C@@H]1COC[C@H]1NC(=O)c1[nH]ncc1Cl. The van der Waals surface area contributed by atoms with Crippen molar-refractivity contribution in [1.82, 2.24) is 19.8 Å². The molecular formula is C11H17ClN4O4S. The number of aromatic amines is 1. The van der Waals surface area contributed by atoms with Crippen LogP contribution in [0.5, 0.6) is 0 Å². The Balaban J connectivity index is 2.03. The summed E-state index contributed by atoms with van der Waals surface area (Å²) in [5, 5.41) is 9.11. The minimum Gasteiger partial charge on any atom is -0.379 e. The van der Waals surface area contributed by atoms with Gasteiger partial charge in [0.05, 0.1) is 36.2 Å². The van der Waals surface area contributed by atoms with Crippen LogP contribution in [0.2, 0.25) is 5.02 Å². The number of hydrogen-bond acceptors (Lipinski definition) is 5. The number of nitrogens with zero attached hydrogens (tertiary/aromatic N) is 2. The van der Waals surface area contributed by atoms with Gasteiger partial charge in [-0.25, -0.2) is 12.7 Å². The maximum absolute atomic E-state index is 12.0. The van der Waals surface area contributed by atoms with E-state index in [-0.39, 0.29) is 41.6 Å². The summed E-state index contributed by atoms with van der Waals surface area (Å²) >= 11 is 5.82. The Morgan fingerprint density at radius 2 is 2.29 bits per heavy atom. The van der Waals surface area contributed by atoms with Crippen molar-refractivity contribution >= 4 is 27.5 Å². The standard InChI is InChI=1S/C11H17ClN4O4S/c1-16(2)21(18,19)6-7-4-20-5-9(7)14-11(17)10-8(12)3-13-15-10/h3,7,9H,4-6H2,1-2H3,(H,13,15)(H,14,17)/t7-,9+/m0/s1. The molecule has 1 amide bonds. The van der Waals surface area contributed by atoms with E-state index in [0.29, 0.717) is 0 Å². The number of aromatic nitrogens is 2. The van der Waals surface area contributed by atoms with Gasteiger partial charge < -0.3 is 10.1 Å². The van der Waals surface area contributed by atoms with Crippen LogP contribution < -0.4 is 5.32 Å². The van der Waals surface area contributed by atoms with Crippen LogP contribution in [-0.2, 0) is 14.8 Å². The molecule has 2 heterocycles. The first-order valence-corrected chi connectivity index (χ1v) is 8.27. The molecule has 10 heteroatoms. The van der Waals surface area contributed by atoms with E-state index in [9.17, 15) is 13.2 Å². The molecule has 1 aliphatic heterocycles. The van der Waals surface area contributed by atoms with Gasteiger partial charge >= 0.3 is 0 Å². The van der Waals surface area contributed by atoms with E-state index in [4.69, 9.17) is 16.3 Å². The molecule has 0 spiro atoms. The predicted molar refractivity (Wildman–Crippen MR) is 76.6 cm³/mol. The van der Waals surface area contributed by atoms with Crippen LogP contribution in [0, 0.1) is 5.92 Å². The van der Waals surface area contributed by atoms with Gasteiger partial charge in [0.25, 0.3) is 5.91 Å². The van der Waals surface area contributed by atoms with Crippen LogP contribution in [0.1, 0.15) is 10.5 Å². The molecule has 1 aliphatic rings. The van der Waals surface area contributed by atoms with Gasteiger partial charge in [0.15, 0.2) is 0 Å². The number of carbonyl (C=O) groups is 1. The number of amides is 1. The summed E-state index contributed by atoms with van der Waals surface area (Å²) in [6.07, 6.45) is 1.33. The van der Waals surface area contributed by atoms with Crippen molar-refractivity contribution in [3.8, 4) is 0 Å². The van der Waals surface area contributed by atoms with E-state index in [1.165, 1.54) is 20.3 Å². The van der Waals surface area contributed by atoms with Crippen LogP contribution in [0.4, 0.5) is 0 Å². The molecule has 1 aromatic rings. The largest absolute Gasteiger partial charge is 0.379 e. The fourth-order valence-corrected chi connectivity index (χ4v) is 3.36. The van der Waals surface area contributed by atoms with Crippen LogP contribution in [0.25, 0.3) is 0 Å². The van der Waals surface area contributed by atoms with Gasteiger partial charge in [0.2, 0.25) is 10.0 Å². The second-order valence-corrected chi connectivity index (χ2v) is 7.67. The van der Waals surface area contributed by atoms with Crippen molar-refractivity contribution in [2.45, 2.75) is 6.04 Å². The zero-order valence-corrected chi connectivity index (χ0v) is 13.2. The number of sulfonamides is 1. The zero-order valence-electron chi connectivity index (χ0n) is 11.7. The monoisotopic (exact) mass is 336 g/mol. The van der Waals surface area contributed by atoms with Gasteiger partial charge in [-0.3, -0.25) is 9.89 Å². The third kappa shape index (κ3) is 3.73. The summed E-state index contributed by atoms with van der Waals surface area (Å²) in [7, 11) is -0.406. The molecule has 1 fully saturated rings. The molecule has 2 atom stereocenters. The Morgan fingerprint density at radius 3 is 2.86 bits per heavy atom. The lowest BCUT2D eigenvalue weighted by atomic mass is 10.1. The highest BCUT2D eigenvalue weighted by molar-refractivity contribution is 7.89. The van der Waals surface area contributed by atoms with E-state index in [2.05, 4.69) is 15.5 Å². The summed E-state index contributed by atoms with van der Waals surface area (Å²) in [5.41, 5.74) is 0.151. The van der Waals surface area contributed by atoms with Gasteiger partial charge in [-0.05, 0) is 0 Å². The van der Waals surface area contributed by atoms with Crippen molar-refractivity contribution in [2.24, 2.45) is 5.92 Å². The lowest BCUT2D eigenvalue weighted by Gasteiger charge is -2.20. The first kappa shape index (κ1) is 16.2. The lowest BCUT2D eigenvalue weighted by molar-refractivity contribution is 0.0921. The molecule has 21 heavy (non-hydrogen) atoms. The predicted octanol–water partition coefficient (Wildman–Crippen LogP) is -0.301. The number of hydrogen-bond donors (Lipinski definition) is 2. The number of carbonyl (C=O) groups excluding carboxylic acids is 1. The highest BCUT2D eigenvalue weighted by Crippen LogP contribution is 2.18. The summed E-state index contributed by atoms with van der Waals surface area (Å²) < 4.78 is 30.3. The summed E-state index contributed by atoms with van der Waals surface area (Å²) in [6.45, 7) is 0.555. The van der Waals surface area contributed by atoms with E-state index < -0.39 is 15.9 Å². The van der Waals surface area contributed by atoms with Crippen LogP contribution >= 0.6 is 11.6 Å². The van der Waals surface area contributed by atoms with Gasteiger partial charge in [-0.2, -0.15) is 5.10 Å². The Labute approximate surface area is 127 Å². The van der Waals surface area contributed by atoms with Crippen LogP contribution in [-0.4, -0.2) is 67.9 Å². The molecule has 8 nitrogen and oxygen atoms in total. The van der Waals surface area contributed by atoms with Crippen molar-refractivity contribution in [3.05, 3.63) is 16.9 Å². The Kier molecular flexibility index (Phi) is 4.87. The highest BCUT2D eigenvalue weighted by atomic mass is 35.5. The van der Waals surface area contributed by atoms with Crippen molar-refractivity contribution in [3.63, 3.8) is 0 Å². The smallest absolute Gasteiger partial charge is 0.271 e. The number of H-pyrrole nitrogens is 1. The number of ether oxygens (including phenoxy) is 1. The molecule has 1 saturated heterocycles. The molecule has 1 aromatic heterocycles. The Morgan fingerprint density at radius 1 is 1.57 bits per heavy atom. The zero-order chi connectivity index (χ0) is 15.6. The van der Waals surface area contributed by atoms with Crippen LogP contribution in [0.3, 0.4) is 0 Å². The number of rotatable bonds is 5. The Bertz CT molecular complexity index is 615. The topological polar surface area (TPSA) is 104 Å². The molecule has 0 unspecified atom stereocenters. The molecule has 2 N–H and O–H groups in total. The molecule has 118 valence electrons. The third-order valence-electron chi connectivity index (χ3n) is 3.32. The maximum Gasteiger partial charge on any atom is 0.271 e. The lowest BCUT2D eigenvalue weighted by Crippen LogP contribution is -2.43. The quantitative estimate of drug-likeness (QED) is 0.768. The second kappa shape index (κ2) is 6.30. The minimum absolute atomic E-state index is 0.0817. The molecule has 0 aromatic carbocycles. The Hall–Kier alpha value is -1.16. The number of nitrogens with one attached hydrogen (secondary N) is 2. The maximum atomic E-state index is 12.0. The second-order valence-electron chi connectivity index (χ2n) is 5.03. The van der Waals surface area contributed by atoms with Gasteiger partial charge in [0, 0.05) is 20.0 Å². The average molecular weight is 337 g/mol. The molecule has 2 rings (SSSR count). The van der Waals surface area contributed by atoms with Crippen LogP contribution in [0.15, 0.2) is 6.20 Å². The highest BCUT2D eigenvalue weighted by Gasteiger charge is 2.34. The molecular weight excluding hydrogens is 320 g/mol. The first-order chi connectivity index (χ1) is 9.81. The van der Waals surface area contributed by atoms with E-state index >= 15 is 0 Å². The average Bonchev–Trinajstić information content (AvgIpc) is 2.98. The van der Waals surface area contributed by atoms with E-state index in [1.807, 2.05) is 0 Å². The minimum atomic E-state index is -3.36. The van der Waals surface area contributed by atoms with Gasteiger partial charge in [0.1, 0.15) is 5.69 Å². The third-order valence-corrected chi connectivity index (χ3v) is 5.56. The van der Waals surface area contributed by atoms with Crippen molar-refractivity contribution in [1.29, 1.82) is 0 Å². The molecule has 0 aliphatic carbocycles. The van der Waals surface area contributed by atoms with E-state index in [0.717, 1.165) is 4.31 Å². The fourth-order valence-electron chi connectivity index (χ4n) is 2.01. The van der Waals surface area contributed by atoms with E-state index in [1.54, 1.807) is 0 Å². The normalized spacial score (nSPS) is 22.7. The van der Waals surface area contributed by atoms with Gasteiger partial charge in [-0.15, -0.1) is 0 Å². The fraction of sp³-hybridized carbons (Fsp3) is 0.636. The molecule has 0 radical (unpaired) electrons. The molecule has 0 bridgehead atoms. The summed E-state index contributed by atoms with van der Waals surface area (Å²) in [5.74, 6) is -0.815. The van der Waals surface area contributed by atoms with Crippen molar-refractivity contribution in [2.75, 3.05) is 33.1 Å². The summed E-state index contributed by atoms with van der Waals surface area (Å²) in [4.78, 5) is 12.0.